The minimum absolute atomic E-state index is 0.0642. The van der Waals surface area contributed by atoms with E-state index in [0.717, 1.165) is 10.5 Å². The van der Waals surface area contributed by atoms with Crippen LogP contribution in [0.15, 0.2) is 58.8 Å². The van der Waals surface area contributed by atoms with Crippen LogP contribution in [0.1, 0.15) is 5.56 Å². The van der Waals surface area contributed by atoms with Crippen LogP contribution in [-0.2, 0) is 0 Å². The second kappa shape index (κ2) is 5.46. The van der Waals surface area contributed by atoms with Gasteiger partial charge in [-0.15, -0.1) is 0 Å². The molecule has 0 unspecified atom stereocenters. The number of phenols is 2. The Hall–Kier alpha value is -1.87. The van der Waals surface area contributed by atoms with Gasteiger partial charge in [-0.1, -0.05) is 30.0 Å². The number of phenolic OH excluding ortho intramolecular Hbond substituents is 2. The van der Waals surface area contributed by atoms with Gasteiger partial charge in [0.2, 0.25) is 0 Å². The number of hydrogen-bond donors (Lipinski definition) is 2. The average molecular weight is 244 g/mol. The van der Waals surface area contributed by atoms with Crippen molar-refractivity contribution in [2.24, 2.45) is 0 Å². The Bertz CT molecular complexity index is 501. The summed E-state index contributed by atoms with van der Waals surface area (Å²) >= 11 is 1.58. The van der Waals surface area contributed by atoms with Gasteiger partial charge in [-0.05, 0) is 41.3 Å². The Morgan fingerprint density at radius 2 is 1.53 bits per heavy atom. The molecule has 2 rings (SSSR count). The van der Waals surface area contributed by atoms with E-state index in [1.807, 2.05) is 41.8 Å². The van der Waals surface area contributed by atoms with E-state index in [9.17, 15) is 10.2 Å². The molecule has 2 aromatic carbocycles. The molecule has 0 saturated carbocycles. The number of rotatable bonds is 3. The molecule has 0 radical (unpaired) electrons. The third kappa shape index (κ3) is 3.57. The molecule has 17 heavy (non-hydrogen) atoms. The summed E-state index contributed by atoms with van der Waals surface area (Å²) in [5.74, 6) is 0.128. The van der Waals surface area contributed by atoms with Crippen molar-refractivity contribution >= 4 is 17.8 Å². The Morgan fingerprint density at radius 1 is 0.882 bits per heavy atom. The number of aromatic hydroxyl groups is 2. The Labute approximate surface area is 104 Å². The molecule has 0 fully saturated rings. The summed E-state index contributed by atoms with van der Waals surface area (Å²) < 4.78 is 0. The Balaban J connectivity index is 2.06. The second-order valence-electron chi connectivity index (χ2n) is 3.52. The highest BCUT2D eigenvalue weighted by Gasteiger charge is 1.95. The highest BCUT2D eigenvalue weighted by molar-refractivity contribution is 8.02. The van der Waals surface area contributed by atoms with Crippen LogP contribution in [0.4, 0.5) is 0 Å². The molecular weight excluding hydrogens is 232 g/mol. The largest absolute Gasteiger partial charge is 0.508 e. The van der Waals surface area contributed by atoms with Crippen LogP contribution in [0.3, 0.4) is 0 Å². The van der Waals surface area contributed by atoms with Gasteiger partial charge in [0.15, 0.2) is 0 Å². The Kier molecular flexibility index (Phi) is 3.73. The molecule has 0 aromatic heterocycles. The predicted molar refractivity (Wildman–Crippen MR) is 71.1 cm³/mol. The summed E-state index contributed by atoms with van der Waals surface area (Å²) in [5, 5.41) is 20.5. The summed E-state index contributed by atoms with van der Waals surface area (Å²) in [6, 6.07) is 14.5. The third-order valence-corrected chi connectivity index (χ3v) is 2.95. The first-order chi connectivity index (χ1) is 8.24. The summed E-state index contributed by atoms with van der Waals surface area (Å²) in [5.41, 5.74) is 0.769. The molecule has 3 heteroatoms. The summed E-state index contributed by atoms with van der Waals surface area (Å²) in [4.78, 5) is 1.15. The molecule has 86 valence electrons. The van der Waals surface area contributed by atoms with E-state index in [-0.39, 0.29) is 11.5 Å². The van der Waals surface area contributed by atoms with Crippen LogP contribution in [0, 0.1) is 0 Å². The van der Waals surface area contributed by atoms with Crippen LogP contribution in [0.2, 0.25) is 0 Å². The fourth-order valence-electron chi connectivity index (χ4n) is 1.40. The average Bonchev–Trinajstić information content (AvgIpc) is 2.29. The molecule has 0 amide bonds. The lowest BCUT2D eigenvalue weighted by atomic mass is 10.2. The minimum atomic E-state index is 0.0642. The molecule has 0 atom stereocenters. The van der Waals surface area contributed by atoms with Crippen molar-refractivity contribution in [3.63, 3.8) is 0 Å². The zero-order chi connectivity index (χ0) is 12.1. The zero-order valence-corrected chi connectivity index (χ0v) is 9.89. The highest BCUT2D eigenvalue weighted by Crippen LogP contribution is 2.24. The van der Waals surface area contributed by atoms with Crippen LogP contribution < -0.4 is 0 Å². The van der Waals surface area contributed by atoms with Gasteiger partial charge in [-0.25, -0.2) is 0 Å². The molecule has 2 aromatic rings. The van der Waals surface area contributed by atoms with Crippen molar-refractivity contribution in [3.05, 3.63) is 59.5 Å². The molecule has 2 N–H and O–H groups in total. The maximum absolute atomic E-state index is 9.31. The SMILES string of the molecule is Oc1cc(O)cc(/C=C/Sc2ccccc2)c1. The number of thioether (sulfide) groups is 1. The van der Waals surface area contributed by atoms with Crippen molar-refractivity contribution in [3.8, 4) is 11.5 Å². The van der Waals surface area contributed by atoms with Gasteiger partial charge in [0.1, 0.15) is 11.5 Å². The van der Waals surface area contributed by atoms with Gasteiger partial charge >= 0.3 is 0 Å². The van der Waals surface area contributed by atoms with E-state index in [2.05, 4.69) is 0 Å². The first-order valence-corrected chi connectivity index (χ1v) is 6.03. The van der Waals surface area contributed by atoms with E-state index in [1.54, 1.807) is 23.9 Å². The predicted octanol–water partition coefficient (Wildman–Crippen LogP) is 3.86. The summed E-state index contributed by atoms with van der Waals surface area (Å²) in [6.07, 6.45) is 1.84. The van der Waals surface area contributed by atoms with Gasteiger partial charge < -0.3 is 10.2 Å². The first kappa shape index (κ1) is 11.6. The maximum Gasteiger partial charge on any atom is 0.119 e. The zero-order valence-electron chi connectivity index (χ0n) is 9.08. The van der Waals surface area contributed by atoms with Gasteiger partial charge in [-0.2, -0.15) is 0 Å². The topological polar surface area (TPSA) is 40.5 Å². The number of benzene rings is 2. The minimum Gasteiger partial charge on any atom is -0.508 e. The quantitative estimate of drug-likeness (QED) is 0.805. The molecule has 0 heterocycles. The molecule has 0 saturated heterocycles. The van der Waals surface area contributed by atoms with Gasteiger partial charge in [0, 0.05) is 11.0 Å². The molecule has 2 nitrogen and oxygen atoms in total. The summed E-state index contributed by atoms with van der Waals surface area (Å²) in [6.45, 7) is 0. The smallest absolute Gasteiger partial charge is 0.119 e. The van der Waals surface area contributed by atoms with E-state index < -0.39 is 0 Å². The van der Waals surface area contributed by atoms with Crippen molar-refractivity contribution < 1.29 is 10.2 Å². The highest BCUT2D eigenvalue weighted by atomic mass is 32.2. The fourth-order valence-corrected chi connectivity index (χ4v) is 2.10. The molecule has 0 aliphatic heterocycles. The van der Waals surface area contributed by atoms with Crippen LogP contribution >= 0.6 is 11.8 Å². The van der Waals surface area contributed by atoms with E-state index >= 15 is 0 Å². The molecule has 0 aliphatic rings. The number of hydrogen-bond acceptors (Lipinski definition) is 3. The van der Waals surface area contributed by atoms with Crippen molar-refractivity contribution in [2.45, 2.75) is 4.90 Å². The monoisotopic (exact) mass is 244 g/mol. The molecule has 0 bridgehead atoms. The van der Waals surface area contributed by atoms with Crippen LogP contribution in [-0.4, -0.2) is 10.2 Å². The van der Waals surface area contributed by atoms with Crippen molar-refractivity contribution in [2.75, 3.05) is 0 Å². The lowest BCUT2D eigenvalue weighted by Crippen LogP contribution is -1.72. The van der Waals surface area contributed by atoms with E-state index in [4.69, 9.17) is 0 Å². The lowest BCUT2D eigenvalue weighted by Gasteiger charge is -1.98. The molecule has 0 spiro atoms. The Morgan fingerprint density at radius 3 is 2.18 bits per heavy atom. The molecule has 0 aliphatic carbocycles. The third-order valence-electron chi connectivity index (χ3n) is 2.13. The van der Waals surface area contributed by atoms with E-state index in [0.29, 0.717) is 0 Å². The first-order valence-electron chi connectivity index (χ1n) is 5.15. The lowest BCUT2D eigenvalue weighted by molar-refractivity contribution is 0.450. The second-order valence-corrected chi connectivity index (χ2v) is 4.50. The molecular formula is C14H12O2S. The van der Waals surface area contributed by atoms with Crippen LogP contribution in [0.5, 0.6) is 11.5 Å². The normalized spacial score (nSPS) is 10.8. The summed E-state index contributed by atoms with van der Waals surface area (Å²) in [7, 11) is 0. The van der Waals surface area contributed by atoms with Gasteiger partial charge in [0.25, 0.3) is 0 Å². The van der Waals surface area contributed by atoms with Crippen molar-refractivity contribution in [1.82, 2.24) is 0 Å². The van der Waals surface area contributed by atoms with Crippen LogP contribution in [0.25, 0.3) is 6.08 Å². The fraction of sp³-hybridized carbons (Fsp3) is 0. The van der Waals surface area contributed by atoms with Gasteiger partial charge in [0.05, 0.1) is 0 Å². The van der Waals surface area contributed by atoms with E-state index in [1.165, 1.54) is 6.07 Å². The standard InChI is InChI=1S/C14H12O2S/c15-12-8-11(9-13(16)10-12)6-7-17-14-4-2-1-3-5-14/h1-10,15-16H/b7-6+. The maximum atomic E-state index is 9.31. The van der Waals surface area contributed by atoms with Gasteiger partial charge in [-0.3, -0.25) is 0 Å². The van der Waals surface area contributed by atoms with Crippen molar-refractivity contribution in [1.29, 1.82) is 0 Å².